The van der Waals surface area contributed by atoms with Crippen molar-refractivity contribution in [1.29, 1.82) is 5.26 Å². The minimum atomic E-state index is 0.238. The summed E-state index contributed by atoms with van der Waals surface area (Å²) >= 11 is 0. The van der Waals surface area contributed by atoms with E-state index in [4.69, 9.17) is 9.15 Å². The van der Waals surface area contributed by atoms with Crippen LogP contribution in [0.15, 0.2) is 58.8 Å². The molecule has 0 saturated carbocycles. The largest absolute Gasteiger partial charge is 0.437 e. The van der Waals surface area contributed by atoms with Crippen LogP contribution in [-0.4, -0.2) is 4.98 Å². The van der Waals surface area contributed by atoms with E-state index < -0.39 is 0 Å². The first-order chi connectivity index (χ1) is 10.3. The van der Waals surface area contributed by atoms with Crippen LogP contribution in [0.3, 0.4) is 0 Å². The molecule has 0 fully saturated rings. The lowest BCUT2D eigenvalue weighted by atomic mass is 10.3. The quantitative estimate of drug-likeness (QED) is 0.688. The molecule has 0 atom stereocenters. The van der Waals surface area contributed by atoms with Gasteiger partial charge in [0.15, 0.2) is 16.9 Å². The van der Waals surface area contributed by atoms with Gasteiger partial charge in [0.25, 0.3) is 0 Å². The number of nitrogens with zero attached hydrogens (tertiary/aromatic N) is 2. The van der Waals surface area contributed by atoms with Gasteiger partial charge in [0.1, 0.15) is 11.6 Å². The van der Waals surface area contributed by atoms with Gasteiger partial charge in [-0.1, -0.05) is 24.3 Å². The third kappa shape index (κ3) is 1.82. The first-order valence-electron chi connectivity index (χ1n) is 6.39. The molecule has 4 rings (SSSR count). The monoisotopic (exact) mass is 275 g/mol. The molecule has 0 spiro atoms. The highest BCUT2D eigenvalue weighted by molar-refractivity contribution is 5.83. The van der Waals surface area contributed by atoms with E-state index in [9.17, 15) is 5.26 Å². The molecule has 1 aliphatic heterocycles. The highest BCUT2D eigenvalue weighted by atomic mass is 16.5. The summed E-state index contributed by atoms with van der Waals surface area (Å²) < 4.78 is 11.3. The van der Waals surface area contributed by atoms with Crippen molar-refractivity contribution in [2.24, 2.45) is 0 Å². The first-order valence-corrected chi connectivity index (χ1v) is 6.39. The molecule has 1 aromatic heterocycles. The first kappa shape index (κ1) is 11.6. The van der Waals surface area contributed by atoms with Gasteiger partial charge in [-0.3, -0.25) is 0 Å². The number of oxazole rings is 1. The molecule has 0 unspecified atom stereocenters. The van der Waals surface area contributed by atoms with Crippen LogP contribution in [0.2, 0.25) is 0 Å². The van der Waals surface area contributed by atoms with Crippen LogP contribution in [0.5, 0.6) is 5.75 Å². The fourth-order valence-electron chi connectivity index (χ4n) is 2.21. The highest BCUT2D eigenvalue weighted by Gasteiger charge is 2.23. The van der Waals surface area contributed by atoms with E-state index in [0.717, 1.165) is 5.69 Å². The molecule has 0 amide bonds. The van der Waals surface area contributed by atoms with Crippen LogP contribution in [0, 0.1) is 11.3 Å². The van der Waals surface area contributed by atoms with Crippen LogP contribution < -0.4 is 10.1 Å². The molecule has 3 aromatic rings. The van der Waals surface area contributed by atoms with E-state index in [1.54, 1.807) is 0 Å². The number of aromatic nitrogens is 1. The Morgan fingerprint density at radius 3 is 2.71 bits per heavy atom. The van der Waals surface area contributed by atoms with Crippen molar-refractivity contribution >= 4 is 22.4 Å². The summed E-state index contributed by atoms with van der Waals surface area (Å²) in [5.41, 5.74) is 2.39. The number of hydrogen-bond donors (Lipinski definition) is 1. The third-order valence-corrected chi connectivity index (χ3v) is 3.19. The average Bonchev–Trinajstić information content (AvgIpc) is 3.11. The topological polar surface area (TPSA) is 71.1 Å². The van der Waals surface area contributed by atoms with Gasteiger partial charge in [0.05, 0.1) is 5.69 Å². The Morgan fingerprint density at radius 2 is 1.90 bits per heavy atom. The molecule has 5 heteroatoms. The number of nitrogens with one attached hydrogen (secondary N) is 1. The van der Waals surface area contributed by atoms with Gasteiger partial charge in [-0.05, 0) is 24.3 Å². The number of nitriles is 1. The van der Waals surface area contributed by atoms with E-state index in [0.29, 0.717) is 22.7 Å². The van der Waals surface area contributed by atoms with E-state index >= 15 is 0 Å². The predicted octanol–water partition coefficient (Wildman–Crippen LogP) is 3.52. The zero-order valence-electron chi connectivity index (χ0n) is 10.8. The van der Waals surface area contributed by atoms with Crippen molar-refractivity contribution in [2.45, 2.75) is 0 Å². The molecule has 0 saturated heterocycles. The number of ether oxygens (including phenoxy) is 1. The molecule has 0 aliphatic carbocycles. The number of para-hydroxylation sites is 4. The van der Waals surface area contributed by atoms with Crippen LogP contribution in [0.25, 0.3) is 16.7 Å². The SMILES string of the molecule is N#C/C(=C1/Nc2ccccc2O1)c1nc2ccccc2o1. The second-order valence-electron chi connectivity index (χ2n) is 4.53. The molecule has 2 heterocycles. The van der Waals surface area contributed by atoms with Gasteiger partial charge in [-0.15, -0.1) is 0 Å². The van der Waals surface area contributed by atoms with E-state index in [1.165, 1.54) is 0 Å². The van der Waals surface area contributed by atoms with E-state index in [-0.39, 0.29) is 11.5 Å². The Hall–Kier alpha value is -3.26. The highest BCUT2D eigenvalue weighted by Crippen LogP contribution is 2.35. The summed E-state index contributed by atoms with van der Waals surface area (Å²) in [5.74, 6) is 1.26. The van der Waals surface area contributed by atoms with Crippen molar-refractivity contribution < 1.29 is 9.15 Å². The second kappa shape index (κ2) is 4.39. The minimum absolute atomic E-state index is 0.238. The Bertz CT molecular complexity index is 858. The number of rotatable bonds is 1. The zero-order chi connectivity index (χ0) is 14.2. The molecule has 100 valence electrons. The number of fused-ring (bicyclic) bond motifs is 2. The Kier molecular flexibility index (Phi) is 2.42. The van der Waals surface area contributed by atoms with Gasteiger partial charge in [-0.2, -0.15) is 5.26 Å². The van der Waals surface area contributed by atoms with Crippen molar-refractivity contribution in [2.75, 3.05) is 5.32 Å². The standard InChI is InChI=1S/C16H9N3O2/c17-9-10(15-18-11-5-1-3-7-13(11)20-15)16-19-12-6-2-4-8-14(12)21-16/h1-8,18H/b15-10+. The maximum absolute atomic E-state index is 9.42. The lowest BCUT2D eigenvalue weighted by Crippen LogP contribution is -2.01. The summed E-state index contributed by atoms with van der Waals surface area (Å²) in [6.45, 7) is 0. The van der Waals surface area contributed by atoms with Gasteiger partial charge in [-0.25, -0.2) is 4.98 Å². The van der Waals surface area contributed by atoms with Crippen molar-refractivity contribution in [3.63, 3.8) is 0 Å². The maximum Gasteiger partial charge on any atom is 0.243 e. The van der Waals surface area contributed by atoms with Gasteiger partial charge < -0.3 is 14.5 Å². The summed E-state index contributed by atoms with van der Waals surface area (Å²) in [6.07, 6.45) is 0. The van der Waals surface area contributed by atoms with Gasteiger partial charge in [0.2, 0.25) is 11.8 Å². The summed E-state index contributed by atoms with van der Waals surface area (Å²) in [6, 6.07) is 16.9. The van der Waals surface area contributed by atoms with Crippen LogP contribution in [0.1, 0.15) is 5.89 Å². The van der Waals surface area contributed by atoms with Crippen LogP contribution in [0.4, 0.5) is 5.69 Å². The summed E-state index contributed by atoms with van der Waals surface area (Å²) in [5, 5.41) is 12.5. The molecule has 1 N–H and O–H groups in total. The minimum Gasteiger partial charge on any atom is -0.437 e. The van der Waals surface area contributed by atoms with Crippen molar-refractivity contribution in [1.82, 2.24) is 4.98 Å². The fourth-order valence-corrected chi connectivity index (χ4v) is 2.21. The Morgan fingerprint density at radius 1 is 1.10 bits per heavy atom. The molecule has 0 radical (unpaired) electrons. The van der Waals surface area contributed by atoms with Crippen molar-refractivity contribution in [3.05, 3.63) is 60.3 Å². The zero-order valence-corrected chi connectivity index (χ0v) is 10.8. The van der Waals surface area contributed by atoms with Gasteiger partial charge in [0, 0.05) is 0 Å². The molecule has 0 bridgehead atoms. The number of allylic oxidation sites excluding steroid dienone is 1. The smallest absolute Gasteiger partial charge is 0.243 e. The average molecular weight is 275 g/mol. The molecule has 1 aliphatic rings. The maximum atomic E-state index is 9.42. The van der Waals surface area contributed by atoms with Crippen molar-refractivity contribution in [3.8, 4) is 11.8 Å². The lowest BCUT2D eigenvalue weighted by Gasteiger charge is -1.99. The number of hydrogen-bond acceptors (Lipinski definition) is 5. The summed E-state index contributed by atoms with van der Waals surface area (Å²) in [7, 11) is 0. The third-order valence-electron chi connectivity index (χ3n) is 3.19. The number of anilines is 1. The van der Waals surface area contributed by atoms with E-state index in [1.807, 2.05) is 48.5 Å². The molecular weight excluding hydrogens is 266 g/mol. The predicted molar refractivity (Wildman–Crippen MR) is 77.2 cm³/mol. The normalized spacial score (nSPS) is 15.0. The van der Waals surface area contributed by atoms with Crippen LogP contribution in [-0.2, 0) is 0 Å². The fraction of sp³-hybridized carbons (Fsp3) is 0. The molecular formula is C16H9N3O2. The lowest BCUT2D eigenvalue weighted by molar-refractivity contribution is 0.457. The van der Waals surface area contributed by atoms with Gasteiger partial charge >= 0.3 is 0 Å². The second-order valence-corrected chi connectivity index (χ2v) is 4.53. The Labute approximate surface area is 120 Å². The number of benzene rings is 2. The van der Waals surface area contributed by atoms with Crippen LogP contribution >= 0.6 is 0 Å². The van der Waals surface area contributed by atoms with E-state index in [2.05, 4.69) is 16.4 Å². The Balaban J connectivity index is 1.83. The summed E-state index contributed by atoms with van der Waals surface area (Å²) in [4.78, 5) is 4.32. The molecule has 2 aromatic carbocycles. The molecule has 21 heavy (non-hydrogen) atoms. The molecule has 5 nitrogen and oxygen atoms in total.